The van der Waals surface area contributed by atoms with Crippen molar-refractivity contribution in [3.05, 3.63) is 0 Å². The molecule has 13 heavy (non-hydrogen) atoms. The zero-order valence-electron chi connectivity index (χ0n) is 9.16. The Labute approximate surface area is 85.9 Å². The van der Waals surface area contributed by atoms with Gasteiger partial charge in [0.1, 0.15) is 0 Å². The summed E-state index contributed by atoms with van der Waals surface area (Å²) in [5, 5.41) is -0.00998. The van der Waals surface area contributed by atoms with E-state index < -0.39 is 14.8 Å². The fraction of sp³-hybridized carbons (Fsp3) is 1.00. The summed E-state index contributed by atoms with van der Waals surface area (Å²) in [6.07, 6.45) is 1.90. The minimum atomic E-state index is -3.18. The van der Waals surface area contributed by atoms with Crippen LogP contribution in [-0.4, -0.2) is 36.1 Å². The molecule has 5 heteroatoms. The zero-order chi connectivity index (χ0) is 10.9. The minimum absolute atomic E-state index is 0.00998. The second kappa shape index (κ2) is 4.19. The van der Waals surface area contributed by atoms with Gasteiger partial charge in [-0.1, -0.05) is 0 Å². The van der Waals surface area contributed by atoms with E-state index in [0.29, 0.717) is 0 Å². The van der Waals surface area contributed by atoms with E-state index in [-0.39, 0.29) is 5.37 Å². The first-order valence-corrected chi connectivity index (χ1v) is 6.87. The Kier molecular flexibility index (Phi) is 4.27. The Bertz CT molecular complexity index is 254. The molecule has 0 aromatic rings. The lowest BCUT2D eigenvalue weighted by atomic mass is 10.3. The van der Waals surface area contributed by atoms with Crippen molar-refractivity contribution >= 4 is 21.8 Å². The molecule has 80 valence electrons. The van der Waals surface area contributed by atoms with Crippen molar-refractivity contribution in [2.75, 3.05) is 13.3 Å². The molecule has 0 N–H and O–H groups in total. The van der Waals surface area contributed by atoms with Gasteiger partial charge in [-0.2, -0.15) is 4.31 Å². The number of nitrogens with zero attached hydrogens (tertiary/aromatic N) is 1. The molecule has 0 saturated heterocycles. The summed E-state index contributed by atoms with van der Waals surface area (Å²) in [4.78, 5) is 0. The molecule has 0 aliphatic heterocycles. The lowest BCUT2D eigenvalue weighted by Gasteiger charge is -2.30. The maximum atomic E-state index is 11.9. The van der Waals surface area contributed by atoms with Crippen LogP contribution in [0.3, 0.4) is 0 Å². The smallest absolute Gasteiger partial charge is 0.212 e. The molecule has 0 fully saturated rings. The van der Waals surface area contributed by atoms with Gasteiger partial charge in [0.05, 0.1) is 10.1 Å². The van der Waals surface area contributed by atoms with E-state index in [1.807, 2.05) is 13.2 Å². The largest absolute Gasteiger partial charge is 0.219 e. The van der Waals surface area contributed by atoms with Crippen LogP contribution in [-0.2, 0) is 10.0 Å². The highest BCUT2D eigenvalue weighted by atomic mass is 32.2. The molecule has 0 aromatic heterocycles. The van der Waals surface area contributed by atoms with E-state index in [9.17, 15) is 8.42 Å². The summed E-state index contributed by atoms with van der Waals surface area (Å²) in [5.41, 5.74) is 0. The maximum Gasteiger partial charge on any atom is 0.219 e. The molecule has 0 rings (SSSR count). The molecule has 0 aliphatic rings. The van der Waals surface area contributed by atoms with Gasteiger partial charge >= 0.3 is 0 Å². The van der Waals surface area contributed by atoms with Crippen molar-refractivity contribution in [1.29, 1.82) is 0 Å². The number of hydrogen-bond acceptors (Lipinski definition) is 3. The van der Waals surface area contributed by atoms with Crippen LogP contribution < -0.4 is 0 Å². The molecule has 0 aliphatic carbocycles. The lowest BCUT2D eigenvalue weighted by Crippen LogP contribution is -2.43. The highest BCUT2D eigenvalue weighted by Crippen LogP contribution is 2.23. The summed E-state index contributed by atoms with van der Waals surface area (Å²) < 4.78 is 24.4. The molecule has 0 amide bonds. The SMILES string of the molecule is CSC(C)N(C)S(=O)(=O)C(C)(C)C. The number of hydrogen-bond donors (Lipinski definition) is 0. The summed E-state index contributed by atoms with van der Waals surface area (Å²) in [6, 6.07) is 0. The van der Waals surface area contributed by atoms with Gasteiger partial charge in [0.25, 0.3) is 0 Å². The summed E-state index contributed by atoms with van der Waals surface area (Å²) in [6.45, 7) is 7.03. The standard InChI is InChI=1S/C8H19NO2S2/c1-7(12-6)9(5)13(10,11)8(2,3)4/h7H,1-6H3. The quantitative estimate of drug-likeness (QED) is 0.687. The van der Waals surface area contributed by atoms with Crippen LogP contribution in [0.15, 0.2) is 0 Å². The minimum Gasteiger partial charge on any atom is -0.212 e. The van der Waals surface area contributed by atoms with Crippen LogP contribution in [0.4, 0.5) is 0 Å². The van der Waals surface area contributed by atoms with E-state index in [0.717, 1.165) is 0 Å². The molecular weight excluding hydrogens is 206 g/mol. The van der Waals surface area contributed by atoms with Gasteiger partial charge < -0.3 is 0 Å². The van der Waals surface area contributed by atoms with Gasteiger partial charge in [0.2, 0.25) is 10.0 Å². The van der Waals surface area contributed by atoms with Gasteiger partial charge in [-0.15, -0.1) is 11.8 Å². The van der Waals surface area contributed by atoms with Crippen LogP contribution >= 0.6 is 11.8 Å². The van der Waals surface area contributed by atoms with Crippen LogP contribution in [0.25, 0.3) is 0 Å². The van der Waals surface area contributed by atoms with Crippen molar-refractivity contribution in [3.63, 3.8) is 0 Å². The van der Waals surface area contributed by atoms with E-state index in [4.69, 9.17) is 0 Å². The molecule has 0 bridgehead atoms. The van der Waals surface area contributed by atoms with Gasteiger partial charge in [-0.25, -0.2) is 8.42 Å². The predicted molar refractivity (Wildman–Crippen MR) is 59.4 cm³/mol. The fourth-order valence-corrected chi connectivity index (χ4v) is 2.93. The second-order valence-corrected chi connectivity index (χ2v) is 7.87. The average molecular weight is 225 g/mol. The molecule has 0 saturated carbocycles. The number of rotatable bonds is 3. The highest BCUT2D eigenvalue weighted by Gasteiger charge is 2.35. The van der Waals surface area contributed by atoms with Crippen LogP contribution in [0.2, 0.25) is 0 Å². The molecule has 0 spiro atoms. The first-order chi connectivity index (χ1) is 5.64. The normalized spacial score (nSPS) is 16.2. The molecular formula is C8H19NO2S2. The Morgan fingerprint density at radius 3 is 1.92 bits per heavy atom. The Balaban J connectivity index is 4.87. The van der Waals surface area contributed by atoms with Crippen molar-refractivity contribution in [2.45, 2.75) is 37.8 Å². The molecule has 3 nitrogen and oxygen atoms in total. The number of sulfonamides is 1. The number of thioether (sulfide) groups is 1. The Hall–Kier alpha value is 0.260. The molecule has 0 radical (unpaired) electrons. The summed E-state index contributed by atoms with van der Waals surface area (Å²) >= 11 is 1.52. The fourth-order valence-electron chi connectivity index (χ4n) is 0.776. The van der Waals surface area contributed by atoms with Gasteiger partial charge in [-0.3, -0.25) is 0 Å². The first-order valence-electron chi connectivity index (χ1n) is 4.15. The average Bonchev–Trinajstić information content (AvgIpc) is 1.99. The van der Waals surface area contributed by atoms with E-state index in [1.165, 1.54) is 16.1 Å². The Morgan fingerprint density at radius 1 is 1.31 bits per heavy atom. The Morgan fingerprint density at radius 2 is 1.69 bits per heavy atom. The van der Waals surface area contributed by atoms with Crippen molar-refractivity contribution in [2.24, 2.45) is 0 Å². The third kappa shape index (κ3) is 2.86. The molecule has 1 unspecified atom stereocenters. The van der Waals surface area contributed by atoms with Crippen LogP contribution in [0.5, 0.6) is 0 Å². The second-order valence-electron chi connectivity index (χ2n) is 3.97. The monoisotopic (exact) mass is 225 g/mol. The van der Waals surface area contributed by atoms with Crippen molar-refractivity contribution in [3.8, 4) is 0 Å². The third-order valence-corrected chi connectivity index (χ3v) is 5.76. The van der Waals surface area contributed by atoms with Gasteiger partial charge in [0.15, 0.2) is 0 Å². The zero-order valence-corrected chi connectivity index (χ0v) is 10.8. The third-order valence-electron chi connectivity index (χ3n) is 2.01. The van der Waals surface area contributed by atoms with Crippen molar-refractivity contribution in [1.82, 2.24) is 4.31 Å². The first kappa shape index (κ1) is 13.3. The maximum absolute atomic E-state index is 11.9. The van der Waals surface area contributed by atoms with Crippen LogP contribution in [0.1, 0.15) is 27.7 Å². The molecule has 1 atom stereocenters. The lowest BCUT2D eigenvalue weighted by molar-refractivity contribution is 0.442. The van der Waals surface area contributed by atoms with E-state index in [1.54, 1.807) is 27.8 Å². The predicted octanol–water partition coefficient (Wildman–Crippen LogP) is 1.76. The van der Waals surface area contributed by atoms with E-state index >= 15 is 0 Å². The van der Waals surface area contributed by atoms with Gasteiger partial charge in [-0.05, 0) is 34.0 Å². The highest BCUT2D eigenvalue weighted by molar-refractivity contribution is 8.00. The molecule has 0 heterocycles. The van der Waals surface area contributed by atoms with Crippen molar-refractivity contribution < 1.29 is 8.42 Å². The summed E-state index contributed by atoms with van der Waals surface area (Å²) in [7, 11) is -1.55. The topological polar surface area (TPSA) is 37.4 Å². The van der Waals surface area contributed by atoms with E-state index in [2.05, 4.69) is 0 Å². The van der Waals surface area contributed by atoms with Crippen LogP contribution in [0, 0.1) is 0 Å². The summed E-state index contributed by atoms with van der Waals surface area (Å²) in [5.74, 6) is 0. The molecule has 0 aromatic carbocycles. The van der Waals surface area contributed by atoms with Gasteiger partial charge in [0, 0.05) is 7.05 Å².